The largest absolute Gasteiger partial charge is 0.384 e. The first-order valence-corrected chi connectivity index (χ1v) is 4.00. The van der Waals surface area contributed by atoms with Gasteiger partial charge < -0.3 is 15.8 Å². The average Bonchev–Trinajstić information content (AvgIpc) is 2.59. The Kier molecular flexibility index (Phi) is 2.05. The number of rotatable bonds is 0. The third-order valence-electron chi connectivity index (χ3n) is 1.80. The summed E-state index contributed by atoms with van der Waals surface area (Å²) in [6, 6.07) is 0. The number of nitrogens with one attached hydrogen (secondary N) is 1. The number of aliphatic hydroxyl groups is 1. The van der Waals surface area contributed by atoms with Crippen molar-refractivity contribution in [3.05, 3.63) is 18.1 Å². The van der Waals surface area contributed by atoms with Gasteiger partial charge in [-0.2, -0.15) is 0 Å². The molecule has 0 saturated heterocycles. The Morgan fingerprint density at radius 3 is 3.14 bits per heavy atom. The average molecular weight is 188 g/mol. The van der Waals surface area contributed by atoms with E-state index in [1.54, 1.807) is 6.20 Å². The summed E-state index contributed by atoms with van der Waals surface area (Å²) in [7, 11) is 0. The number of anilines is 1. The number of nitrogen functional groups attached to an aromatic ring is 1. The number of hydrogen-bond donors (Lipinski definition) is 3. The van der Waals surface area contributed by atoms with Gasteiger partial charge in [0.25, 0.3) is 0 Å². The smallest absolute Gasteiger partial charge is 0.144 e. The maximum atomic E-state index is 8.56. The fraction of sp³-hybridized carbons (Fsp3) is 0.111. The van der Waals surface area contributed by atoms with Crippen molar-refractivity contribution in [3.8, 4) is 11.8 Å². The molecular weight excluding hydrogens is 180 g/mol. The fourth-order valence-corrected chi connectivity index (χ4v) is 1.22. The first-order valence-electron chi connectivity index (χ1n) is 4.00. The van der Waals surface area contributed by atoms with Crippen molar-refractivity contribution in [2.24, 2.45) is 0 Å². The SMILES string of the molecule is Nc1ncnc2[nH]cc(C#CCO)c12. The fourth-order valence-electron chi connectivity index (χ4n) is 1.22. The van der Waals surface area contributed by atoms with E-state index < -0.39 is 0 Å². The molecule has 0 aromatic carbocycles. The van der Waals surface area contributed by atoms with Gasteiger partial charge in [0.2, 0.25) is 0 Å². The Hall–Kier alpha value is -2.06. The van der Waals surface area contributed by atoms with Gasteiger partial charge in [0.15, 0.2) is 0 Å². The van der Waals surface area contributed by atoms with Crippen LogP contribution in [0, 0.1) is 11.8 Å². The van der Waals surface area contributed by atoms with Gasteiger partial charge in [0.1, 0.15) is 24.4 Å². The second kappa shape index (κ2) is 3.36. The third kappa shape index (κ3) is 1.28. The molecule has 4 N–H and O–H groups in total. The lowest BCUT2D eigenvalue weighted by Gasteiger charge is -1.93. The minimum atomic E-state index is -0.180. The number of hydrogen-bond acceptors (Lipinski definition) is 4. The van der Waals surface area contributed by atoms with E-state index in [0.29, 0.717) is 22.4 Å². The van der Waals surface area contributed by atoms with E-state index in [1.807, 2.05) is 0 Å². The third-order valence-corrected chi connectivity index (χ3v) is 1.80. The summed E-state index contributed by atoms with van der Waals surface area (Å²) in [5.74, 6) is 5.70. The minimum absolute atomic E-state index is 0.180. The molecule has 0 spiro atoms. The number of aromatic amines is 1. The van der Waals surface area contributed by atoms with E-state index in [0.717, 1.165) is 0 Å². The molecule has 0 aliphatic carbocycles. The molecule has 0 fully saturated rings. The van der Waals surface area contributed by atoms with E-state index >= 15 is 0 Å². The van der Waals surface area contributed by atoms with Crippen LogP contribution in [-0.4, -0.2) is 26.7 Å². The van der Waals surface area contributed by atoms with Crippen LogP contribution in [0.1, 0.15) is 5.56 Å². The van der Waals surface area contributed by atoms with Crippen molar-refractivity contribution in [1.29, 1.82) is 0 Å². The van der Waals surface area contributed by atoms with Crippen LogP contribution >= 0.6 is 0 Å². The van der Waals surface area contributed by atoms with Gasteiger partial charge in [-0.05, 0) is 0 Å². The monoisotopic (exact) mass is 188 g/mol. The zero-order valence-corrected chi connectivity index (χ0v) is 7.28. The molecule has 0 unspecified atom stereocenters. The Morgan fingerprint density at radius 1 is 1.50 bits per heavy atom. The van der Waals surface area contributed by atoms with E-state index in [1.165, 1.54) is 6.33 Å². The molecule has 0 saturated carbocycles. The molecule has 2 aromatic heterocycles. The minimum Gasteiger partial charge on any atom is -0.384 e. The van der Waals surface area contributed by atoms with Crippen LogP contribution in [0.2, 0.25) is 0 Å². The maximum absolute atomic E-state index is 8.56. The van der Waals surface area contributed by atoms with Gasteiger partial charge in [-0.3, -0.25) is 0 Å². The summed E-state index contributed by atoms with van der Waals surface area (Å²) in [5.41, 5.74) is 7.03. The Labute approximate surface area is 80.0 Å². The van der Waals surface area contributed by atoms with E-state index in [2.05, 4.69) is 26.8 Å². The highest BCUT2D eigenvalue weighted by Crippen LogP contribution is 2.19. The molecule has 2 rings (SSSR count). The lowest BCUT2D eigenvalue weighted by Crippen LogP contribution is -1.92. The molecule has 0 atom stereocenters. The second-order valence-electron chi connectivity index (χ2n) is 2.64. The number of nitrogens with two attached hydrogens (primary N) is 1. The van der Waals surface area contributed by atoms with Crippen LogP contribution in [-0.2, 0) is 0 Å². The summed E-state index contributed by atoms with van der Waals surface area (Å²) in [4.78, 5) is 10.8. The van der Waals surface area contributed by atoms with Crippen molar-refractivity contribution in [2.75, 3.05) is 12.3 Å². The van der Waals surface area contributed by atoms with Crippen molar-refractivity contribution in [1.82, 2.24) is 15.0 Å². The van der Waals surface area contributed by atoms with Gasteiger partial charge in [-0.1, -0.05) is 11.8 Å². The number of nitrogens with zero attached hydrogens (tertiary/aromatic N) is 2. The molecule has 5 nitrogen and oxygen atoms in total. The molecule has 2 aromatic rings. The number of fused-ring (bicyclic) bond motifs is 1. The van der Waals surface area contributed by atoms with Crippen LogP contribution in [0.4, 0.5) is 5.82 Å². The predicted octanol–water partition coefficient (Wildman–Crippen LogP) is -0.116. The Bertz CT molecular complexity index is 520. The van der Waals surface area contributed by atoms with Gasteiger partial charge >= 0.3 is 0 Å². The lowest BCUT2D eigenvalue weighted by atomic mass is 10.2. The Morgan fingerprint density at radius 2 is 2.36 bits per heavy atom. The quantitative estimate of drug-likeness (QED) is 0.503. The standard InChI is InChI=1S/C9H8N4O/c10-8-7-6(2-1-3-14)4-11-9(7)13-5-12-8/h4-5,14H,3H2,(H3,10,11,12,13). The molecule has 0 radical (unpaired) electrons. The van der Waals surface area contributed by atoms with Crippen molar-refractivity contribution < 1.29 is 5.11 Å². The highest BCUT2D eigenvalue weighted by atomic mass is 16.2. The van der Waals surface area contributed by atoms with Crippen LogP contribution in [0.15, 0.2) is 12.5 Å². The topological polar surface area (TPSA) is 87.8 Å². The second-order valence-corrected chi connectivity index (χ2v) is 2.64. The molecule has 0 amide bonds. The van der Waals surface area contributed by atoms with Crippen LogP contribution in [0.3, 0.4) is 0 Å². The predicted molar refractivity (Wildman–Crippen MR) is 52.3 cm³/mol. The summed E-state index contributed by atoms with van der Waals surface area (Å²) in [6.07, 6.45) is 3.08. The van der Waals surface area contributed by atoms with Gasteiger partial charge in [-0.25, -0.2) is 9.97 Å². The number of H-pyrrole nitrogens is 1. The van der Waals surface area contributed by atoms with E-state index in [4.69, 9.17) is 10.8 Å². The molecule has 5 heteroatoms. The maximum Gasteiger partial charge on any atom is 0.144 e. The lowest BCUT2D eigenvalue weighted by molar-refractivity contribution is 0.350. The normalized spacial score (nSPS) is 9.79. The highest BCUT2D eigenvalue weighted by Gasteiger charge is 2.05. The highest BCUT2D eigenvalue weighted by molar-refractivity contribution is 5.91. The number of aromatic nitrogens is 3. The van der Waals surface area contributed by atoms with Crippen LogP contribution in [0.5, 0.6) is 0 Å². The molecule has 14 heavy (non-hydrogen) atoms. The zero-order valence-electron chi connectivity index (χ0n) is 7.28. The van der Waals surface area contributed by atoms with Crippen LogP contribution in [0.25, 0.3) is 11.0 Å². The first kappa shape index (κ1) is 8.53. The molecule has 70 valence electrons. The van der Waals surface area contributed by atoms with Gasteiger partial charge in [0.05, 0.1) is 10.9 Å². The summed E-state index contributed by atoms with van der Waals surface area (Å²) in [6.45, 7) is -0.180. The molecule has 2 heterocycles. The zero-order chi connectivity index (χ0) is 9.97. The summed E-state index contributed by atoms with van der Waals surface area (Å²) < 4.78 is 0. The molecule has 0 aliphatic heterocycles. The Balaban J connectivity index is 2.67. The molecule has 0 bridgehead atoms. The number of aliphatic hydroxyl groups excluding tert-OH is 1. The van der Waals surface area contributed by atoms with Gasteiger partial charge in [-0.15, -0.1) is 0 Å². The van der Waals surface area contributed by atoms with Crippen molar-refractivity contribution in [2.45, 2.75) is 0 Å². The van der Waals surface area contributed by atoms with E-state index in [9.17, 15) is 0 Å². The first-order chi connectivity index (χ1) is 6.83. The summed E-state index contributed by atoms with van der Waals surface area (Å²) in [5, 5.41) is 9.26. The van der Waals surface area contributed by atoms with Crippen molar-refractivity contribution >= 4 is 16.9 Å². The van der Waals surface area contributed by atoms with Crippen LogP contribution < -0.4 is 5.73 Å². The molecule has 0 aliphatic rings. The van der Waals surface area contributed by atoms with Crippen molar-refractivity contribution in [3.63, 3.8) is 0 Å². The summed E-state index contributed by atoms with van der Waals surface area (Å²) >= 11 is 0. The van der Waals surface area contributed by atoms with Gasteiger partial charge in [0, 0.05) is 6.20 Å². The van der Waals surface area contributed by atoms with E-state index in [-0.39, 0.29) is 6.61 Å². The molecular formula is C9H8N4O.